The molecule has 0 radical (unpaired) electrons. The minimum Gasteiger partial charge on any atom is -0.468 e. The highest BCUT2D eigenvalue weighted by molar-refractivity contribution is 6.17. The Labute approximate surface area is 106 Å². The zero-order valence-corrected chi connectivity index (χ0v) is 11.1. The van der Waals surface area contributed by atoms with Crippen LogP contribution in [0.5, 0.6) is 0 Å². The normalized spacial score (nSPS) is 31.7. The minimum atomic E-state index is -1.11. The minimum absolute atomic E-state index is 0.00649. The number of amides is 2. The van der Waals surface area contributed by atoms with Gasteiger partial charge in [-0.25, -0.2) is 0 Å². The first-order valence-corrected chi connectivity index (χ1v) is 6.00. The molecule has 0 N–H and O–H groups in total. The summed E-state index contributed by atoms with van der Waals surface area (Å²) in [6, 6.07) is 0.0537. The van der Waals surface area contributed by atoms with Crippen LogP contribution in [0.25, 0.3) is 0 Å². The summed E-state index contributed by atoms with van der Waals surface area (Å²) in [7, 11) is 2.96. The Balaban J connectivity index is 2.41. The highest BCUT2D eigenvalue weighted by Gasteiger charge is 2.56. The molecule has 2 amide bonds. The van der Waals surface area contributed by atoms with Gasteiger partial charge in [-0.1, -0.05) is 13.8 Å². The molecule has 2 unspecified atom stereocenters. The van der Waals surface area contributed by atoms with Crippen LogP contribution in [-0.4, -0.2) is 49.6 Å². The fourth-order valence-electron chi connectivity index (χ4n) is 2.37. The molecule has 18 heavy (non-hydrogen) atoms. The maximum absolute atomic E-state index is 12.5. The Hall–Kier alpha value is -1.43. The molecule has 100 valence electrons. The monoisotopic (exact) mass is 254 g/mol. The molecule has 2 atom stereocenters. The highest BCUT2D eigenvalue weighted by atomic mass is 16.6. The van der Waals surface area contributed by atoms with Crippen molar-refractivity contribution >= 4 is 17.8 Å². The molecule has 1 saturated heterocycles. The molecule has 1 fully saturated rings. The van der Waals surface area contributed by atoms with Crippen molar-refractivity contribution in [3.8, 4) is 0 Å². The molecule has 0 bridgehead atoms. The van der Waals surface area contributed by atoms with Crippen LogP contribution in [0.15, 0.2) is 4.99 Å². The van der Waals surface area contributed by atoms with Crippen LogP contribution in [0.4, 0.5) is 0 Å². The Kier molecular flexibility index (Phi) is 3.14. The predicted octanol–water partition coefficient (Wildman–Crippen LogP) is 0.419. The van der Waals surface area contributed by atoms with Crippen LogP contribution in [-0.2, 0) is 19.1 Å². The van der Waals surface area contributed by atoms with Crippen LogP contribution in [0.1, 0.15) is 20.3 Å². The summed E-state index contributed by atoms with van der Waals surface area (Å²) < 4.78 is 10.1. The molecule has 0 aromatic carbocycles. The van der Waals surface area contributed by atoms with E-state index >= 15 is 0 Å². The second-order valence-corrected chi connectivity index (χ2v) is 5.05. The lowest BCUT2D eigenvalue weighted by atomic mass is 9.71. The molecule has 0 spiro atoms. The van der Waals surface area contributed by atoms with Gasteiger partial charge >= 0.3 is 6.02 Å². The lowest BCUT2D eigenvalue weighted by Crippen LogP contribution is -2.56. The maximum Gasteiger partial charge on any atom is 0.301 e. The summed E-state index contributed by atoms with van der Waals surface area (Å²) in [5.41, 5.74) is -1.11. The SMILES string of the molecule is COC1=NC(=O)C(CC2CO2)(C(C)C)C(=O)N1C. The number of methoxy groups -OCH3 is 1. The topological polar surface area (TPSA) is 71.5 Å². The quantitative estimate of drug-likeness (QED) is 0.540. The van der Waals surface area contributed by atoms with E-state index in [1.165, 1.54) is 12.0 Å². The number of epoxide rings is 1. The number of ether oxygens (including phenoxy) is 2. The number of hydrogen-bond acceptors (Lipinski definition) is 4. The van der Waals surface area contributed by atoms with Gasteiger partial charge in [-0.05, 0) is 12.3 Å². The fraction of sp³-hybridized carbons (Fsp3) is 0.750. The van der Waals surface area contributed by atoms with E-state index in [0.29, 0.717) is 13.0 Å². The summed E-state index contributed by atoms with van der Waals surface area (Å²) >= 11 is 0. The van der Waals surface area contributed by atoms with Crippen molar-refractivity contribution in [1.82, 2.24) is 4.90 Å². The van der Waals surface area contributed by atoms with E-state index in [1.54, 1.807) is 7.05 Å². The standard InChI is InChI=1S/C12H18N2O4/c1-7(2)12(5-8-6-18-8)9(15)13-11(17-4)14(3)10(12)16/h7-8H,5-6H2,1-4H3. The second kappa shape index (κ2) is 4.35. The molecule has 0 aromatic rings. The van der Waals surface area contributed by atoms with E-state index < -0.39 is 11.3 Å². The number of carbonyl (C=O) groups excluding carboxylic acids is 2. The molecule has 0 aromatic heterocycles. The smallest absolute Gasteiger partial charge is 0.301 e. The van der Waals surface area contributed by atoms with Gasteiger partial charge < -0.3 is 9.47 Å². The molecule has 2 aliphatic rings. The summed E-state index contributed by atoms with van der Waals surface area (Å²) in [5.74, 6) is -0.816. The van der Waals surface area contributed by atoms with Crippen molar-refractivity contribution in [2.24, 2.45) is 16.3 Å². The van der Waals surface area contributed by atoms with Crippen LogP contribution in [0, 0.1) is 11.3 Å². The number of carbonyl (C=O) groups is 2. The van der Waals surface area contributed by atoms with Gasteiger partial charge in [-0.2, -0.15) is 4.99 Å². The number of nitrogens with zero attached hydrogens (tertiary/aromatic N) is 2. The largest absolute Gasteiger partial charge is 0.468 e. The Bertz CT molecular complexity index is 414. The summed E-state index contributed by atoms with van der Waals surface area (Å²) in [6.45, 7) is 4.33. The van der Waals surface area contributed by atoms with Gasteiger partial charge in [0.1, 0.15) is 5.41 Å². The molecule has 6 heteroatoms. The average molecular weight is 254 g/mol. The van der Waals surface area contributed by atoms with E-state index in [1.807, 2.05) is 13.8 Å². The highest BCUT2D eigenvalue weighted by Crippen LogP contribution is 2.41. The zero-order chi connectivity index (χ0) is 13.5. The number of rotatable bonds is 3. The van der Waals surface area contributed by atoms with Gasteiger partial charge in [0.2, 0.25) is 5.91 Å². The fourth-order valence-corrected chi connectivity index (χ4v) is 2.37. The summed E-state index contributed by atoms with van der Waals surface area (Å²) in [4.78, 5) is 30.0. The third-order valence-electron chi connectivity index (χ3n) is 3.67. The van der Waals surface area contributed by atoms with Crippen molar-refractivity contribution in [3.05, 3.63) is 0 Å². The lowest BCUT2D eigenvalue weighted by molar-refractivity contribution is -0.152. The molecule has 0 aliphatic carbocycles. The third kappa shape index (κ3) is 1.80. The molecule has 6 nitrogen and oxygen atoms in total. The first-order chi connectivity index (χ1) is 8.43. The van der Waals surface area contributed by atoms with Gasteiger partial charge in [-0.3, -0.25) is 14.5 Å². The van der Waals surface area contributed by atoms with E-state index in [0.717, 1.165) is 0 Å². The van der Waals surface area contributed by atoms with Crippen molar-refractivity contribution < 1.29 is 19.1 Å². The molecule has 2 aliphatic heterocycles. The Morgan fingerprint density at radius 3 is 2.61 bits per heavy atom. The first kappa shape index (κ1) is 13.0. The van der Waals surface area contributed by atoms with Gasteiger partial charge in [0.15, 0.2) is 0 Å². The van der Waals surface area contributed by atoms with E-state index in [4.69, 9.17) is 9.47 Å². The zero-order valence-electron chi connectivity index (χ0n) is 11.1. The van der Waals surface area contributed by atoms with Crippen LogP contribution < -0.4 is 0 Å². The Morgan fingerprint density at radius 1 is 1.56 bits per heavy atom. The van der Waals surface area contributed by atoms with E-state index in [-0.39, 0.29) is 24.0 Å². The number of hydrogen-bond donors (Lipinski definition) is 0. The van der Waals surface area contributed by atoms with Gasteiger partial charge in [-0.15, -0.1) is 0 Å². The number of amidine groups is 1. The third-order valence-corrected chi connectivity index (χ3v) is 3.67. The molecule has 2 rings (SSSR count). The van der Waals surface area contributed by atoms with Crippen molar-refractivity contribution in [2.45, 2.75) is 26.4 Å². The average Bonchev–Trinajstić information content (AvgIpc) is 3.12. The molecular formula is C12H18N2O4. The van der Waals surface area contributed by atoms with E-state index in [9.17, 15) is 9.59 Å². The van der Waals surface area contributed by atoms with Gasteiger partial charge in [0, 0.05) is 7.05 Å². The molecular weight excluding hydrogens is 236 g/mol. The van der Waals surface area contributed by atoms with Crippen molar-refractivity contribution in [3.63, 3.8) is 0 Å². The maximum atomic E-state index is 12.5. The van der Waals surface area contributed by atoms with Crippen molar-refractivity contribution in [1.29, 1.82) is 0 Å². The Morgan fingerprint density at radius 2 is 2.17 bits per heavy atom. The van der Waals surface area contributed by atoms with Crippen LogP contribution in [0.3, 0.4) is 0 Å². The van der Waals surface area contributed by atoms with Crippen LogP contribution >= 0.6 is 0 Å². The van der Waals surface area contributed by atoms with Gasteiger partial charge in [0.05, 0.1) is 19.8 Å². The number of aliphatic imine (C=N–C) groups is 1. The van der Waals surface area contributed by atoms with E-state index in [2.05, 4.69) is 4.99 Å². The summed E-state index contributed by atoms with van der Waals surface area (Å²) in [5, 5.41) is 0. The van der Waals surface area contributed by atoms with Crippen LogP contribution in [0.2, 0.25) is 0 Å². The first-order valence-electron chi connectivity index (χ1n) is 6.00. The second-order valence-electron chi connectivity index (χ2n) is 5.05. The van der Waals surface area contributed by atoms with Crippen molar-refractivity contribution in [2.75, 3.05) is 20.8 Å². The predicted molar refractivity (Wildman–Crippen MR) is 63.8 cm³/mol. The molecule has 2 heterocycles. The molecule has 0 saturated carbocycles. The lowest BCUT2D eigenvalue weighted by Gasteiger charge is -2.38. The van der Waals surface area contributed by atoms with Gasteiger partial charge in [0.25, 0.3) is 5.91 Å². The summed E-state index contributed by atoms with van der Waals surface area (Å²) in [6.07, 6.45) is 0.390.